The molecule has 0 aliphatic heterocycles. The summed E-state index contributed by atoms with van der Waals surface area (Å²) in [5.74, 6) is 0. The van der Waals surface area contributed by atoms with Gasteiger partial charge in [0.25, 0.3) is 0 Å². The van der Waals surface area contributed by atoms with Crippen LogP contribution in [0.1, 0.15) is 24.8 Å². The normalized spacial score (nSPS) is 10.0. The van der Waals surface area contributed by atoms with Gasteiger partial charge >= 0.3 is 0 Å². The molecule has 0 aromatic heterocycles. The van der Waals surface area contributed by atoms with Crippen molar-refractivity contribution in [1.29, 1.82) is 0 Å². The van der Waals surface area contributed by atoms with Gasteiger partial charge in [-0.25, -0.2) is 0 Å². The summed E-state index contributed by atoms with van der Waals surface area (Å²) in [5, 5.41) is 3.44. The minimum absolute atomic E-state index is 0. The highest BCUT2D eigenvalue weighted by molar-refractivity contribution is 9.10. The number of benzene rings is 1. The molecule has 0 aliphatic rings. The van der Waals surface area contributed by atoms with Crippen LogP contribution >= 0.6 is 28.3 Å². The van der Waals surface area contributed by atoms with Crippen molar-refractivity contribution >= 4 is 28.3 Å². The summed E-state index contributed by atoms with van der Waals surface area (Å²) in [6, 6.07) is 8.44. The molecule has 0 fully saturated rings. The van der Waals surface area contributed by atoms with E-state index >= 15 is 0 Å². The van der Waals surface area contributed by atoms with Gasteiger partial charge in [-0.3, -0.25) is 0 Å². The van der Waals surface area contributed by atoms with Crippen molar-refractivity contribution in [3.63, 3.8) is 0 Å². The maximum atomic E-state index is 5.00. The molecule has 1 N–H and O–H groups in total. The van der Waals surface area contributed by atoms with Gasteiger partial charge < -0.3 is 10.1 Å². The first-order chi connectivity index (χ1) is 7.83. The average Bonchev–Trinajstić information content (AvgIpc) is 2.30. The fraction of sp³-hybridized carbons (Fsp3) is 0.538. The van der Waals surface area contributed by atoms with Crippen molar-refractivity contribution in [2.24, 2.45) is 0 Å². The summed E-state index contributed by atoms with van der Waals surface area (Å²) in [6.07, 6.45) is 3.62. The number of ether oxygens (including phenoxy) is 1. The molecule has 0 saturated carbocycles. The molecular formula is C13H21BrClNO. The summed E-state index contributed by atoms with van der Waals surface area (Å²) >= 11 is 3.43. The number of hydrogen-bond donors (Lipinski definition) is 1. The zero-order valence-electron chi connectivity index (χ0n) is 10.2. The van der Waals surface area contributed by atoms with Gasteiger partial charge in [-0.15, -0.1) is 12.4 Å². The number of rotatable bonds is 8. The van der Waals surface area contributed by atoms with E-state index in [1.165, 1.54) is 18.4 Å². The van der Waals surface area contributed by atoms with Gasteiger partial charge in [-0.05, 0) is 43.5 Å². The van der Waals surface area contributed by atoms with Crippen molar-refractivity contribution in [3.05, 3.63) is 34.3 Å². The molecule has 0 radical (unpaired) electrons. The maximum Gasteiger partial charge on any atom is 0.0462 e. The fourth-order valence-corrected chi connectivity index (χ4v) is 1.77. The Balaban J connectivity index is 0.00000256. The Morgan fingerprint density at radius 3 is 2.47 bits per heavy atom. The minimum atomic E-state index is 0. The van der Waals surface area contributed by atoms with Crippen molar-refractivity contribution in [1.82, 2.24) is 5.32 Å². The van der Waals surface area contributed by atoms with Crippen LogP contribution in [0.25, 0.3) is 0 Å². The molecule has 1 aromatic carbocycles. The van der Waals surface area contributed by atoms with Crippen LogP contribution in [0.2, 0.25) is 0 Å². The van der Waals surface area contributed by atoms with Crippen LogP contribution in [0.5, 0.6) is 0 Å². The molecule has 0 atom stereocenters. The highest BCUT2D eigenvalue weighted by Gasteiger charge is 1.93. The maximum absolute atomic E-state index is 5.00. The monoisotopic (exact) mass is 321 g/mol. The molecule has 0 aliphatic carbocycles. The molecule has 0 unspecified atom stereocenters. The van der Waals surface area contributed by atoms with Crippen molar-refractivity contribution < 1.29 is 4.74 Å². The van der Waals surface area contributed by atoms with Gasteiger partial charge in [0.15, 0.2) is 0 Å². The predicted molar refractivity (Wildman–Crippen MR) is 78.8 cm³/mol. The SMILES string of the molecule is COCCCCCNCc1ccc(Br)cc1.Cl. The van der Waals surface area contributed by atoms with Crippen LogP contribution in [0.15, 0.2) is 28.7 Å². The van der Waals surface area contributed by atoms with Gasteiger partial charge in [0.05, 0.1) is 0 Å². The number of methoxy groups -OCH3 is 1. The molecule has 98 valence electrons. The van der Waals surface area contributed by atoms with E-state index in [4.69, 9.17) is 4.74 Å². The van der Waals surface area contributed by atoms with Gasteiger partial charge in [0, 0.05) is 24.7 Å². The minimum Gasteiger partial charge on any atom is -0.385 e. The van der Waals surface area contributed by atoms with Crippen LogP contribution in [0.4, 0.5) is 0 Å². The molecule has 1 rings (SSSR count). The highest BCUT2D eigenvalue weighted by atomic mass is 79.9. The van der Waals surface area contributed by atoms with Gasteiger partial charge in [-0.1, -0.05) is 28.1 Å². The highest BCUT2D eigenvalue weighted by Crippen LogP contribution is 2.10. The fourth-order valence-electron chi connectivity index (χ4n) is 1.51. The second kappa shape index (κ2) is 11.0. The first-order valence-corrected chi connectivity index (χ1v) is 6.56. The van der Waals surface area contributed by atoms with Crippen molar-refractivity contribution in [3.8, 4) is 0 Å². The Hall–Kier alpha value is -0.0900. The summed E-state index contributed by atoms with van der Waals surface area (Å²) in [7, 11) is 1.76. The van der Waals surface area contributed by atoms with Crippen LogP contribution in [-0.4, -0.2) is 20.3 Å². The van der Waals surface area contributed by atoms with Crippen LogP contribution in [0, 0.1) is 0 Å². The van der Waals surface area contributed by atoms with E-state index in [1.807, 2.05) is 0 Å². The van der Waals surface area contributed by atoms with Crippen molar-refractivity contribution in [2.75, 3.05) is 20.3 Å². The Morgan fingerprint density at radius 1 is 1.12 bits per heavy atom. The lowest BCUT2D eigenvalue weighted by Crippen LogP contribution is -2.14. The van der Waals surface area contributed by atoms with Crippen LogP contribution in [0.3, 0.4) is 0 Å². The molecular weight excluding hydrogens is 302 g/mol. The lowest BCUT2D eigenvalue weighted by atomic mass is 10.2. The third-order valence-corrected chi connectivity index (χ3v) is 2.97. The average molecular weight is 323 g/mol. The zero-order valence-corrected chi connectivity index (χ0v) is 12.6. The van der Waals surface area contributed by atoms with E-state index in [2.05, 4.69) is 45.5 Å². The first kappa shape index (κ1) is 16.9. The lowest BCUT2D eigenvalue weighted by molar-refractivity contribution is 0.192. The quantitative estimate of drug-likeness (QED) is 0.736. The molecule has 0 bridgehead atoms. The summed E-state index contributed by atoms with van der Waals surface area (Å²) in [4.78, 5) is 0. The first-order valence-electron chi connectivity index (χ1n) is 5.77. The molecule has 2 nitrogen and oxygen atoms in total. The Morgan fingerprint density at radius 2 is 1.82 bits per heavy atom. The summed E-state index contributed by atoms with van der Waals surface area (Å²) in [6.45, 7) is 2.92. The van der Waals surface area contributed by atoms with Crippen LogP contribution in [-0.2, 0) is 11.3 Å². The lowest BCUT2D eigenvalue weighted by Gasteiger charge is -2.05. The molecule has 0 amide bonds. The van der Waals surface area contributed by atoms with Gasteiger partial charge in [-0.2, -0.15) is 0 Å². The van der Waals surface area contributed by atoms with Gasteiger partial charge in [0.1, 0.15) is 0 Å². The Kier molecular flexibility index (Phi) is 11.0. The van der Waals surface area contributed by atoms with Crippen LogP contribution < -0.4 is 5.32 Å². The van der Waals surface area contributed by atoms with E-state index < -0.39 is 0 Å². The van der Waals surface area contributed by atoms with E-state index in [-0.39, 0.29) is 12.4 Å². The van der Waals surface area contributed by atoms with Gasteiger partial charge in [0.2, 0.25) is 0 Å². The Labute approximate surface area is 119 Å². The molecule has 0 saturated heterocycles. The molecule has 0 spiro atoms. The third kappa shape index (κ3) is 8.61. The number of nitrogens with one attached hydrogen (secondary N) is 1. The number of halogens is 2. The second-order valence-corrected chi connectivity index (χ2v) is 4.77. The number of unbranched alkanes of at least 4 members (excludes halogenated alkanes) is 2. The second-order valence-electron chi connectivity index (χ2n) is 3.86. The van der Waals surface area contributed by atoms with E-state index in [9.17, 15) is 0 Å². The predicted octanol–water partition coefficient (Wildman–Crippen LogP) is 3.78. The zero-order chi connectivity index (χ0) is 11.6. The third-order valence-electron chi connectivity index (χ3n) is 2.44. The topological polar surface area (TPSA) is 21.3 Å². The van der Waals surface area contributed by atoms with Crippen molar-refractivity contribution in [2.45, 2.75) is 25.8 Å². The standard InChI is InChI=1S/C13H20BrNO.ClH/c1-16-10-4-2-3-9-15-11-12-5-7-13(14)8-6-12;/h5-8,15H,2-4,9-11H2,1H3;1H. The molecule has 0 heterocycles. The molecule has 1 aromatic rings. The largest absolute Gasteiger partial charge is 0.385 e. The molecule has 4 heteroatoms. The van der Waals surface area contributed by atoms with E-state index in [1.54, 1.807) is 7.11 Å². The summed E-state index contributed by atoms with van der Waals surface area (Å²) in [5.41, 5.74) is 1.33. The van der Waals surface area contributed by atoms with E-state index in [0.29, 0.717) is 0 Å². The number of hydrogen-bond acceptors (Lipinski definition) is 2. The molecule has 17 heavy (non-hydrogen) atoms. The Bertz CT molecular complexity index is 279. The van der Waals surface area contributed by atoms with E-state index in [0.717, 1.165) is 30.6 Å². The smallest absolute Gasteiger partial charge is 0.0462 e. The summed E-state index contributed by atoms with van der Waals surface area (Å²) < 4.78 is 6.14.